The molecule has 2 rings (SSSR count). The third-order valence-corrected chi connectivity index (χ3v) is 4.22. The summed E-state index contributed by atoms with van der Waals surface area (Å²) in [5, 5.41) is 4.65. The highest BCUT2D eigenvalue weighted by Crippen LogP contribution is 2.15. The molecule has 0 aliphatic rings. The average Bonchev–Trinajstić information content (AvgIpc) is 3.10. The standard InChI is InChI=1S/C18H21NO3S/c1-2-3-4-5-12-22-18(21)14-8-10-15(11-9-14)19-17(20)16-7-6-13-23-16/h6-11,13H,2-5,12H2,1H3,(H,19,20). The van der Waals surface area contributed by atoms with Gasteiger partial charge in [-0.2, -0.15) is 0 Å². The van der Waals surface area contributed by atoms with E-state index in [4.69, 9.17) is 4.74 Å². The minimum atomic E-state index is -0.322. The number of carbonyl (C=O) groups is 2. The van der Waals surface area contributed by atoms with Crippen molar-refractivity contribution in [3.63, 3.8) is 0 Å². The van der Waals surface area contributed by atoms with Crippen LogP contribution >= 0.6 is 11.3 Å². The molecule has 0 aliphatic carbocycles. The van der Waals surface area contributed by atoms with Crippen molar-refractivity contribution in [3.8, 4) is 0 Å². The van der Waals surface area contributed by atoms with Crippen LogP contribution in [0.3, 0.4) is 0 Å². The van der Waals surface area contributed by atoms with E-state index in [1.54, 1.807) is 30.3 Å². The van der Waals surface area contributed by atoms with Gasteiger partial charge in [-0.1, -0.05) is 32.3 Å². The molecule has 2 aromatic rings. The van der Waals surface area contributed by atoms with Gasteiger partial charge in [0.1, 0.15) is 0 Å². The molecule has 1 aromatic heterocycles. The second kappa shape index (κ2) is 9.10. The van der Waals surface area contributed by atoms with Crippen molar-refractivity contribution < 1.29 is 14.3 Å². The van der Waals surface area contributed by atoms with Crippen LogP contribution in [-0.4, -0.2) is 18.5 Å². The largest absolute Gasteiger partial charge is 0.462 e. The summed E-state index contributed by atoms with van der Waals surface area (Å²) in [5.74, 6) is -0.469. The molecule has 0 aliphatic heterocycles. The normalized spacial score (nSPS) is 10.3. The summed E-state index contributed by atoms with van der Waals surface area (Å²) >= 11 is 1.39. The second-order valence-corrected chi connectivity index (χ2v) is 6.15. The smallest absolute Gasteiger partial charge is 0.338 e. The molecule has 0 fully saturated rings. The molecule has 1 aromatic carbocycles. The van der Waals surface area contributed by atoms with Crippen molar-refractivity contribution >= 4 is 28.9 Å². The van der Waals surface area contributed by atoms with Crippen molar-refractivity contribution in [2.75, 3.05) is 11.9 Å². The number of thiophene rings is 1. The van der Waals surface area contributed by atoms with Crippen molar-refractivity contribution in [2.45, 2.75) is 32.6 Å². The summed E-state index contributed by atoms with van der Waals surface area (Å²) in [4.78, 5) is 24.5. The Bertz CT molecular complexity index is 620. The quantitative estimate of drug-likeness (QED) is 0.561. The van der Waals surface area contributed by atoms with Crippen LogP contribution in [0.4, 0.5) is 5.69 Å². The van der Waals surface area contributed by atoms with E-state index in [0.29, 0.717) is 22.7 Å². The van der Waals surface area contributed by atoms with Crippen LogP contribution in [0.1, 0.15) is 52.6 Å². The highest BCUT2D eigenvalue weighted by Gasteiger charge is 2.09. The number of benzene rings is 1. The predicted molar refractivity (Wildman–Crippen MR) is 93.1 cm³/mol. The third kappa shape index (κ3) is 5.53. The Hall–Kier alpha value is -2.14. The molecule has 0 spiro atoms. The van der Waals surface area contributed by atoms with Crippen LogP contribution in [0.2, 0.25) is 0 Å². The van der Waals surface area contributed by atoms with Gasteiger partial charge in [-0.15, -0.1) is 11.3 Å². The second-order valence-electron chi connectivity index (χ2n) is 5.21. The van der Waals surface area contributed by atoms with E-state index in [2.05, 4.69) is 12.2 Å². The number of carbonyl (C=O) groups excluding carboxylic acids is 2. The summed E-state index contributed by atoms with van der Waals surface area (Å²) in [6.45, 7) is 2.60. The van der Waals surface area contributed by atoms with E-state index in [0.717, 1.165) is 25.7 Å². The van der Waals surface area contributed by atoms with Gasteiger partial charge < -0.3 is 10.1 Å². The molecule has 23 heavy (non-hydrogen) atoms. The molecule has 0 saturated carbocycles. The van der Waals surface area contributed by atoms with Crippen LogP contribution in [0.5, 0.6) is 0 Å². The Morgan fingerprint density at radius 2 is 1.87 bits per heavy atom. The predicted octanol–water partition coefficient (Wildman–Crippen LogP) is 4.74. The lowest BCUT2D eigenvalue weighted by Gasteiger charge is -2.06. The maximum Gasteiger partial charge on any atom is 0.338 e. The van der Waals surface area contributed by atoms with Gasteiger partial charge in [0.05, 0.1) is 17.0 Å². The Labute approximate surface area is 140 Å². The van der Waals surface area contributed by atoms with Crippen LogP contribution in [0, 0.1) is 0 Å². The Kier molecular flexibility index (Phi) is 6.81. The zero-order valence-electron chi connectivity index (χ0n) is 13.2. The molecule has 0 bridgehead atoms. The van der Waals surface area contributed by atoms with E-state index in [9.17, 15) is 9.59 Å². The number of hydrogen-bond donors (Lipinski definition) is 1. The molecule has 0 radical (unpaired) electrons. The summed E-state index contributed by atoms with van der Waals surface area (Å²) in [6, 6.07) is 10.3. The molecule has 0 atom stereocenters. The molecule has 5 heteroatoms. The lowest BCUT2D eigenvalue weighted by atomic mass is 10.2. The fraction of sp³-hybridized carbons (Fsp3) is 0.333. The topological polar surface area (TPSA) is 55.4 Å². The minimum absolute atomic E-state index is 0.147. The fourth-order valence-corrected chi connectivity index (χ4v) is 2.69. The van der Waals surface area contributed by atoms with E-state index >= 15 is 0 Å². The summed E-state index contributed by atoms with van der Waals surface area (Å²) in [6.07, 6.45) is 4.30. The van der Waals surface area contributed by atoms with Crippen LogP contribution in [0.15, 0.2) is 41.8 Å². The summed E-state index contributed by atoms with van der Waals surface area (Å²) in [5.41, 5.74) is 1.15. The molecular weight excluding hydrogens is 310 g/mol. The number of amides is 1. The molecular formula is C18H21NO3S. The first-order valence-corrected chi connectivity index (χ1v) is 8.70. The van der Waals surface area contributed by atoms with Gasteiger partial charge in [-0.25, -0.2) is 4.79 Å². The third-order valence-electron chi connectivity index (χ3n) is 3.35. The van der Waals surface area contributed by atoms with Gasteiger partial charge >= 0.3 is 5.97 Å². The highest BCUT2D eigenvalue weighted by atomic mass is 32.1. The van der Waals surface area contributed by atoms with E-state index in [1.165, 1.54) is 11.3 Å². The Morgan fingerprint density at radius 1 is 1.09 bits per heavy atom. The first-order valence-electron chi connectivity index (χ1n) is 7.82. The van der Waals surface area contributed by atoms with Gasteiger partial charge in [0.2, 0.25) is 0 Å². The fourth-order valence-electron chi connectivity index (χ4n) is 2.07. The molecule has 0 saturated heterocycles. The number of nitrogens with one attached hydrogen (secondary N) is 1. The van der Waals surface area contributed by atoms with Crippen molar-refractivity contribution in [1.82, 2.24) is 0 Å². The number of rotatable bonds is 8. The van der Waals surface area contributed by atoms with E-state index in [1.807, 2.05) is 11.4 Å². The van der Waals surface area contributed by atoms with Gasteiger partial charge in [0.25, 0.3) is 5.91 Å². The van der Waals surface area contributed by atoms with E-state index < -0.39 is 0 Å². The molecule has 4 nitrogen and oxygen atoms in total. The number of esters is 1. The lowest BCUT2D eigenvalue weighted by Crippen LogP contribution is -2.10. The number of unbranched alkanes of at least 4 members (excludes halogenated alkanes) is 3. The molecule has 1 N–H and O–H groups in total. The molecule has 0 unspecified atom stereocenters. The first kappa shape index (κ1) is 17.2. The van der Waals surface area contributed by atoms with Gasteiger partial charge in [-0.3, -0.25) is 4.79 Å². The van der Waals surface area contributed by atoms with Gasteiger partial charge in [0, 0.05) is 5.69 Å². The Morgan fingerprint density at radius 3 is 2.52 bits per heavy atom. The molecule has 1 amide bonds. The Balaban J connectivity index is 1.81. The monoisotopic (exact) mass is 331 g/mol. The van der Waals surface area contributed by atoms with Crippen LogP contribution in [0.25, 0.3) is 0 Å². The maximum atomic E-state index is 11.9. The lowest BCUT2D eigenvalue weighted by molar-refractivity contribution is 0.0498. The number of ether oxygens (including phenoxy) is 1. The first-order chi connectivity index (χ1) is 11.2. The van der Waals surface area contributed by atoms with E-state index in [-0.39, 0.29) is 11.9 Å². The van der Waals surface area contributed by atoms with Crippen LogP contribution in [-0.2, 0) is 4.74 Å². The van der Waals surface area contributed by atoms with Crippen molar-refractivity contribution in [1.29, 1.82) is 0 Å². The highest BCUT2D eigenvalue weighted by molar-refractivity contribution is 7.12. The van der Waals surface area contributed by atoms with Gasteiger partial charge in [0.15, 0.2) is 0 Å². The maximum absolute atomic E-state index is 11.9. The molecule has 122 valence electrons. The van der Waals surface area contributed by atoms with Crippen molar-refractivity contribution in [2.24, 2.45) is 0 Å². The van der Waals surface area contributed by atoms with Crippen molar-refractivity contribution in [3.05, 3.63) is 52.2 Å². The molecule has 1 heterocycles. The number of anilines is 1. The summed E-state index contributed by atoms with van der Waals surface area (Å²) < 4.78 is 5.23. The van der Waals surface area contributed by atoms with Gasteiger partial charge in [-0.05, 0) is 42.1 Å². The SMILES string of the molecule is CCCCCCOC(=O)c1ccc(NC(=O)c2cccs2)cc1. The summed E-state index contributed by atoms with van der Waals surface area (Å²) in [7, 11) is 0. The zero-order chi connectivity index (χ0) is 16.5. The average molecular weight is 331 g/mol. The zero-order valence-corrected chi connectivity index (χ0v) is 14.0. The number of hydrogen-bond acceptors (Lipinski definition) is 4. The minimum Gasteiger partial charge on any atom is -0.462 e. The van der Waals surface area contributed by atoms with Crippen LogP contribution < -0.4 is 5.32 Å².